The van der Waals surface area contributed by atoms with E-state index in [9.17, 15) is 9.59 Å². The van der Waals surface area contributed by atoms with Crippen molar-refractivity contribution in [3.63, 3.8) is 0 Å². The molecule has 1 aliphatic heterocycles. The number of amides is 2. The van der Waals surface area contributed by atoms with Gasteiger partial charge in [0.15, 0.2) is 0 Å². The molecule has 1 aliphatic rings. The molecule has 2 unspecified atom stereocenters. The van der Waals surface area contributed by atoms with E-state index < -0.39 is 0 Å². The van der Waals surface area contributed by atoms with Gasteiger partial charge in [0.05, 0.1) is 18.2 Å². The third kappa shape index (κ3) is 4.40. The first-order valence-electron chi connectivity index (χ1n) is 5.37. The maximum atomic E-state index is 11.7. The van der Waals surface area contributed by atoms with Crippen LogP contribution in [0.5, 0.6) is 0 Å². The second kappa shape index (κ2) is 7.13. The first-order chi connectivity index (χ1) is 8.08. The van der Waals surface area contributed by atoms with Gasteiger partial charge in [0.1, 0.15) is 6.54 Å². The van der Waals surface area contributed by atoms with Crippen molar-refractivity contribution >= 4 is 35.3 Å². The van der Waals surface area contributed by atoms with Crippen molar-refractivity contribution in [2.24, 2.45) is 0 Å². The third-order valence-electron chi connectivity index (χ3n) is 2.59. The molecule has 0 saturated carbocycles. The number of carbonyl (C=O) groups is 2. The predicted octanol–water partition coefficient (Wildman–Crippen LogP) is -0.252. The minimum Gasteiger partial charge on any atom is -0.395 e. The van der Waals surface area contributed by atoms with Gasteiger partial charge in [-0.05, 0) is 13.2 Å². The summed E-state index contributed by atoms with van der Waals surface area (Å²) in [6.45, 7) is 2.00. The topological polar surface area (TPSA) is 69.6 Å². The molecule has 0 radical (unpaired) electrons. The van der Waals surface area contributed by atoms with E-state index in [1.807, 2.05) is 13.2 Å². The van der Waals surface area contributed by atoms with Crippen LogP contribution in [0.1, 0.15) is 6.92 Å². The molecule has 1 rings (SSSR count). The highest BCUT2D eigenvalue weighted by molar-refractivity contribution is 8.00. The fourth-order valence-electron chi connectivity index (χ4n) is 1.54. The number of aliphatic hydroxyl groups excluding tert-OH is 1. The van der Waals surface area contributed by atoms with Crippen LogP contribution in [-0.4, -0.2) is 64.1 Å². The Bertz CT molecular complexity index is 285. The maximum absolute atomic E-state index is 11.7. The van der Waals surface area contributed by atoms with Gasteiger partial charge in [0.25, 0.3) is 0 Å². The molecule has 0 aromatic heterocycles. The molecule has 17 heavy (non-hydrogen) atoms. The van der Waals surface area contributed by atoms with Gasteiger partial charge in [-0.3, -0.25) is 9.59 Å². The molecule has 0 spiro atoms. The Morgan fingerprint density at radius 1 is 1.71 bits per heavy atom. The van der Waals surface area contributed by atoms with Gasteiger partial charge in [0, 0.05) is 11.3 Å². The number of nitrogens with zero attached hydrogens (tertiary/aromatic N) is 1. The number of nitrogens with one attached hydrogen (secondary N) is 1. The average Bonchev–Trinajstić information content (AvgIpc) is 2.66. The molecule has 2 N–H and O–H groups in total. The molecule has 5 nitrogen and oxygen atoms in total. The molecule has 1 heterocycles. The Hall–Kier alpha value is -0.400. The number of carbonyl (C=O) groups excluding carboxylic acids is 2. The molecule has 2 amide bonds. The highest BCUT2D eigenvalue weighted by Crippen LogP contribution is 2.14. The molecule has 0 aromatic rings. The zero-order chi connectivity index (χ0) is 12.8. The van der Waals surface area contributed by atoms with Crippen LogP contribution in [0.4, 0.5) is 0 Å². The van der Waals surface area contributed by atoms with E-state index in [4.69, 9.17) is 5.11 Å². The van der Waals surface area contributed by atoms with Crippen molar-refractivity contribution in [2.45, 2.75) is 18.2 Å². The lowest BCUT2D eigenvalue weighted by Crippen LogP contribution is -2.46. The minimum atomic E-state index is -0.166. The van der Waals surface area contributed by atoms with E-state index in [-0.39, 0.29) is 36.3 Å². The van der Waals surface area contributed by atoms with Crippen LogP contribution >= 0.6 is 23.5 Å². The van der Waals surface area contributed by atoms with E-state index in [0.717, 1.165) is 0 Å². The lowest BCUT2D eigenvalue weighted by atomic mass is 10.2. The Labute approximate surface area is 110 Å². The van der Waals surface area contributed by atoms with E-state index in [1.54, 1.807) is 4.90 Å². The predicted molar refractivity (Wildman–Crippen MR) is 71.0 cm³/mol. The summed E-state index contributed by atoms with van der Waals surface area (Å²) < 4.78 is 0. The SMILES string of the molecule is CSC(CO)C(C)NC(=O)CN1CSCC1=O. The second-order valence-corrected chi connectivity index (χ2v) is 5.91. The largest absolute Gasteiger partial charge is 0.395 e. The number of aliphatic hydroxyl groups is 1. The minimum absolute atomic E-state index is 0.0115. The van der Waals surface area contributed by atoms with Gasteiger partial charge in [-0.25, -0.2) is 0 Å². The van der Waals surface area contributed by atoms with Crippen molar-refractivity contribution in [3.8, 4) is 0 Å². The van der Waals surface area contributed by atoms with E-state index in [2.05, 4.69) is 5.32 Å². The maximum Gasteiger partial charge on any atom is 0.239 e. The fraction of sp³-hybridized carbons (Fsp3) is 0.800. The number of thioether (sulfide) groups is 2. The summed E-state index contributed by atoms with van der Waals surface area (Å²) in [6.07, 6.45) is 1.89. The summed E-state index contributed by atoms with van der Waals surface area (Å²) in [4.78, 5) is 24.6. The van der Waals surface area contributed by atoms with Crippen LogP contribution in [0.2, 0.25) is 0 Å². The molecule has 2 atom stereocenters. The highest BCUT2D eigenvalue weighted by atomic mass is 32.2. The average molecular weight is 278 g/mol. The Kier molecular flexibility index (Phi) is 6.15. The summed E-state index contributed by atoms with van der Waals surface area (Å²) in [5.41, 5.74) is 0. The van der Waals surface area contributed by atoms with E-state index in [1.165, 1.54) is 23.5 Å². The Morgan fingerprint density at radius 2 is 2.41 bits per heavy atom. The normalized spacial score (nSPS) is 19.2. The van der Waals surface area contributed by atoms with Crippen molar-refractivity contribution in [3.05, 3.63) is 0 Å². The fourth-order valence-corrected chi connectivity index (χ4v) is 3.07. The zero-order valence-corrected chi connectivity index (χ0v) is 11.6. The Balaban J connectivity index is 2.35. The van der Waals surface area contributed by atoms with Gasteiger partial charge in [-0.1, -0.05) is 0 Å². The molecule has 7 heteroatoms. The highest BCUT2D eigenvalue weighted by Gasteiger charge is 2.24. The first kappa shape index (κ1) is 14.7. The lowest BCUT2D eigenvalue weighted by molar-refractivity contribution is -0.132. The first-order valence-corrected chi connectivity index (χ1v) is 7.81. The monoisotopic (exact) mass is 278 g/mol. The zero-order valence-electron chi connectivity index (χ0n) is 10.0. The lowest BCUT2D eigenvalue weighted by Gasteiger charge is -2.22. The van der Waals surface area contributed by atoms with Crippen LogP contribution in [0.3, 0.4) is 0 Å². The van der Waals surface area contributed by atoms with Crippen LogP contribution in [0.15, 0.2) is 0 Å². The van der Waals surface area contributed by atoms with Crippen molar-refractivity contribution in [1.82, 2.24) is 10.2 Å². The van der Waals surface area contributed by atoms with Crippen LogP contribution in [-0.2, 0) is 9.59 Å². The second-order valence-electron chi connectivity index (χ2n) is 3.88. The van der Waals surface area contributed by atoms with Crippen molar-refractivity contribution < 1.29 is 14.7 Å². The molecule has 0 aliphatic carbocycles. The molecular weight excluding hydrogens is 260 g/mol. The van der Waals surface area contributed by atoms with Crippen molar-refractivity contribution in [1.29, 1.82) is 0 Å². The van der Waals surface area contributed by atoms with Crippen LogP contribution in [0, 0.1) is 0 Å². The van der Waals surface area contributed by atoms with Gasteiger partial charge >= 0.3 is 0 Å². The number of hydrogen-bond acceptors (Lipinski definition) is 5. The summed E-state index contributed by atoms with van der Waals surface area (Å²) in [6, 6.07) is -0.104. The van der Waals surface area contributed by atoms with Crippen molar-refractivity contribution in [2.75, 3.05) is 31.0 Å². The standard InChI is InChI=1S/C10H18N2O3S2/c1-7(8(4-13)16-2)11-9(14)3-12-6-17-5-10(12)15/h7-8,13H,3-6H2,1-2H3,(H,11,14). The summed E-state index contributed by atoms with van der Waals surface area (Å²) in [5.74, 6) is 0.904. The van der Waals surface area contributed by atoms with Gasteiger partial charge in [-0.2, -0.15) is 11.8 Å². The van der Waals surface area contributed by atoms with Gasteiger partial charge in [0.2, 0.25) is 11.8 Å². The number of rotatable bonds is 6. The van der Waals surface area contributed by atoms with Crippen LogP contribution < -0.4 is 5.32 Å². The number of hydrogen-bond donors (Lipinski definition) is 2. The summed E-state index contributed by atoms with van der Waals surface area (Å²) >= 11 is 3.03. The quantitative estimate of drug-likeness (QED) is 0.701. The Morgan fingerprint density at radius 3 is 2.88 bits per heavy atom. The summed E-state index contributed by atoms with van der Waals surface area (Å²) in [5, 5.41) is 11.9. The molecule has 0 bridgehead atoms. The molecule has 1 fully saturated rings. The summed E-state index contributed by atoms with van der Waals surface area (Å²) in [7, 11) is 0. The molecule has 98 valence electrons. The van der Waals surface area contributed by atoms with E-state index >= 15 is 0 Å². The van der Waals surface area contributed by atoms with Crippen LogP contribution in [0.25, 0.3) is 0 Å². The molecule has 0 aromatic carbocycles. The molecular formula is C10H18N2O3S2. The smallest absolute Gasteiger partial charge is 0.239 e. The van der Waals surface area contributed by atoms with Gasteiger partial charge < -0.3 is 15.3 Å². The molecule has 1 saturated heterocycles. The van der Waals surface area contributed by atoms with E-state index in [0.29, 0.717) is 11.6 Å². The third-order valence-corrected chi connectivity index (χ3v) is 4.70. The van der Waals surface area contributed by atoms with Gasteiger partial charge in [-0.15, -0.1) is 11.8 Å².